The van der Waals surface area contributed by atoms with E-state index in [0.29, 0.717) is 39.0 Å². The molecule has 0 aliphatic carbocycles. The third-order valence-corrected chi connectivity index (χ3v) is 5.06. The average Bonchev–Trinajstić information content (AvgIpc) is 3.23. The predicted molar refractivity (Wildman–Crippen MR) is 108 cm³/mol. The monoisotopic (exact) mass is 389 g/mol. The number of rotatable bonds is 5. The van der Waals surface area contributed by atoms with Gasteiger partial charge in [0.15, 0.2) is 0 Å². The molecule has 0 saturated carbocycles. The fraction of sp³-hybridized carbons (Fsp3) is 0.273. The summed E-state index contributed by atoms with van der Waals surface area (Å²) in [4.78, 5) is 32.9. The van der Waals surface area contributed by atoms with Gasteiger partial charge in [0.05, 0.1) is 24.7 Å². The quantitative estimate of drug-likeness (QED) is 0.666. The summed E-state index contributed by atoms with van der Waals surface area (Å²) in [5, 5.41) is 4.35. The van der Waals surface area contributed by atoms with Gasteiger partial charge in [-0.25, -0.2) is 4.68 Å². The van der Waals surface area contributed by atoms with Gasteiger partial charge in [-0.15, -0.1) is 0 Å². The van der Waals surface area contributed by atoms with Crippen molar-refractivity contribution < 1.29 is 9.59 Å². The minimum atomic E-state index is 0.0555. The molecule has 7 heteroatoms. The molecular weight excluding hydrogens is 366 g/mol. The summed E-state index contributed by atoms with van der Waals surface area (Å²) in [7, 11) is 0. The lowest BCUT2D eigenvalue weighted by molar-refractivity contribution is -0.138. The zero-order valence-electron chi connectivity index (χ0n) is 16.1. The summed E-state index contributed by atoms with van der Waals surface area (Å²) in [5.41, 5.74) is 2.62. The Kier molecular flexibility index (Phi) is 5.65. The number of benzene rings is 1. The van der Waals surface area contributed by atoms with Crippen LogP contribution in [-0.2, 0) is 22.4 Å². The molecule has 0 radical (unpaired) electrons. The molecule has 0 unspecified atom stereocenters. The lowest BCUT2D eigenvalue weighted by Crippen LogP contribution is -2.51. The first-order chi connectivity index (χ1) is 14.2. The van der Waals surface area contributed by atoms with Crippen LogP contribution in [0.2, 0.25) is 0 Å². The molecule has 0 atom stereocenters. The highest BCUT2D eigenvalue weighted by Crippen LogP contribution is 2.11. The number of hydrogen-bond donors (Lipinski definition) is 0. The lowest BCUT2D eigenvalue weighted by atomic mass is 10.2. The van der Waals surface area contributed by atoms with Crippen LogP contribution in [0.4, 0.5) is 0 Å². The van der Waals surface area contributed by atoms with Gasteiger partial charge in [-0.1, -0.05) is 24.3 Å². The van der Waals surface area contributed by atoms with Crippen LogP contribution in [0.5, 0.6) is 0 Å². The van der Waals surface area contributed by atoms with Crippen molar-refractivity contribution in [3.8, 4) is 5.69 Å². The Balaban J connectivity index is 1.28. The molecule has 0 spiro atoms. The minimum Gasteiger partial charge on any atom is -0.339 e. The van der Waals surface area contributed by atoms with Crippen LogP contribution in [0, 0.1) is 0 Å². The maximum Gasteiger partial charge on any atom is 0.228 e. The lowest BCUT2D eigenvalue weighted by Gasteiger charge is -2.34. The van der Waals surface area contributed by atoms with Gasteiger partial charge in [0.25, 0.3) is 0 Å². The molecule has 1 aliphatic rings. The molecule has 148 valence electrons. The fourth-order valence-electron chi connectivity index (χ4n) is 3.43. The minimum absolute atomic E-state index is 0.0555. The molecule has 7 nitrogen and oxygen atoms in total. The van der Waals surface area contributed by atoms with E-state index in [1.54, 1.807) is 17.1 Å². The van der Waals surface area contributed by atoms with E-state index in [4.69, 9.17) is 0 Å². The maximum absolute atomic E-state index is 12.7. The van der Waals surface area contributed by atoms with Crippen LogP contribution >= 0.6 is 0 Å². The van der Waals surface area contributed by atoms with E-state index in [-0.39, 0.29) is 11.8 Å². The molecular formula is C22H23N5O2. The largest absolute Gasteiger partial charge is 0.339 e. The van der Waals surface area contributed by atoms with Crippen molar-refractivity contribution in [1.82, 2.24) is 24.6 Å². The van der Waals surface area contributed by atoms with Gasteiger partial charge in [0.2, 0.25) is 11.8 Å². The van der Waals surface area contributed by atoms with Gasteiger partial charge in [0.1, 0.15) is 0 Å². The summed E-state index contributed by atoms with van der Waals surface area (Å²) in [6.45, 7) is 2.22. The molecule has 1 saturated heterocycles. The first-order valence-electron chi connectivity index (χ1n) is 9.73. The molecule has 1 aliphatic heterocycles. The normalized spacial score (nSPS) is 14.1. The molecule has 3 aromatic rings. The third kappa shape index (κ3) is 4.68. The van der Waals surface area contributed by atoms with E-state index in [0.717, 1.165) is 16.9 Å². The van der Waals surface area contributed by atoms with Gasteiger partial charge >= 0.3 is 0 Å². The van der Waals surface area contributed by atoms with Crippen molar-refractivity contribution in [3.63, 3.8) is 0 Å². The van der Waals surface area contributed by atoms with E-state index in [2.05, 4.69) is 10.1 Å². The SMILES string of the molecule is O=C(Cc1cnn(-c2ccccc2)c1)N1CCN(C(=O)Cc2ccccn2)CC1. The van der Waals surface area contributed by atoms with Gasteiger partial charge in [-0.05, 0) is 29.8 Å². The summed E-state index contributed by atoms with van der Waals surface area (Å²) in [6.07, 6.45) is 5.93. The van der Waals surface area contributed by atoms with E-state index in [1.165, 1.54) is 0 Å². The predicted octanol–water partition coefficient (Wildman–Crippen LogP) is 1.72. The zero-order chi connectivity index (χ0) is 20.1. The van der Waals surface area contributed by atoms with Crippen LogP contribution in [0.1, 0.15) is 11.3 Å². The van der Waals surface area contributed by atoms with Crippen molar-refractivity contribution in [2.75, 3.05) is 26.2 Å². The first-order valence-corrected chi connectivity index (χ1v) is 9.73. The van der Waals surface area contributed by atoms with Crippen LogP contribution in [0.3, 0.4) is 0 Å². The highest BCUT2D eigenvalue weighted by atomic mass is 16.2. The Morgan fingerprint density at radius 3 is 2.14 bits per heavy atom. The summed E-state index contributed by atoms with van der Waals surface area (Å²) < 4.78 is 1.77. The Morgan fingerprint density at radius 2 is 1.48 bits per heavy atom. The molecule has 29 heavy (non-hydrogen) atoms. The smallest absolute Gasteiger partial charge is 0.228 e. The van der Waals surface area contributed by atoms with Crippen molar-refractivity contribution >= 4 is 11.8 Å². The molecule has 2 amide bonds. The topological polar surface area (TPSA) is 71.3 Å². The van der Waals surface area contributed by atoms with E-state index in [1.807, 2.05) is 64.5 Å². The highest BCUT2D eigenvalue weighted by Gasteiger charge is 2.24. The third-order valence-electron chi connectivity index (χ3n) is 5.06. The van der Waals surface area contributed by atoms with Gasteiger partial charge < -0.3 is 9.80 Å². The number of nitrogens with zero attached hydrogens (tertiary/aromatic N) is 5. The number of piperazine rings is 1. The van der Waals surface area contributed by atoms with Crippen molar-refractivity contribution in [1.29, 1.82) is 0 Å². The number of carbonyl (C=O) groups excluding carboxylic acids is 2. The second-order valence-corrected chi connectivity index (χ2v) is 7.06. The maximum atomic E-state index is 12.7. The molecule has 2 aromatic heterocycles. The van der Waals surface area contributed by atoms with Crippen LogP contribution in [-0.4, -0.2) is 62.6 Å². The summed E-state index contributed by atoms with van der Waals surface area (Å²) in [6, 6.07) is 15.4. The Morgan fingerprint density at radius 1 is 0.828 bits per heavy atom. The molecule has 1 aromatic carbocycles. The Labute approximate surface area is 169 Å². The molecule has 0 bridgehead atoms. The van der Waals surface area contributed by atoms with E-state index in [9.17, 15) is 9.59 Å². The first kappa shape index (κ1) is 18.9. The number of carbonyl (C=O) groups is 2. The van der Waals surface area contributed by atoms with E-state index < -0.39 is 0 Å². The van der Waals surface area contributed by atoms with Crippen LogP contribution in [0.25, 0.3) is 5.69 Å². The number of hydrogen-bond acceptors (Lipinski definition) is 4. The molecule has 3 heterocycles. The van der Waals surface area contributed by atoms with Gasteiger partial charge in [-0.2, -0.15) is 5.10 Å². The zero-order valence-corrected chi connectivity index (χ0v) is 16.1. The summed E-state index contributed by atoms with van der Waals surface area (Å²) >= 11 is 0. The van der Waals surface area contributed by atoms with Crippen molar-refractivity contribution in [2.24, 2.45) is 0 Å². The van der Waals surface area contributed by atoms with Crippen LogP contribution in [0.15, 0.2) is 67.1 Å². The highest BCUT2D eigenvalue weighted by molar-refractivity contribution is 5.80. The van der Waals surface area contributed by atoms with Crippen molar-refractivity contribution in [3.05, 3.63) is 78.4 Å². The van der Waals surface area contributed by atoms with E-state index >= 15 is 0 Å². The second kappa shape index (κ2) is 8.68. The van der Waals surface area contributed by atoms with Crippen molar-refractivity contribution in [2.45, 2.75) is 12.8 Å². The molecule has 0 N–H and O–H groups in total. The fourth-order valence-corrected chi connectivity index (χ4v) is 3.43. The van der Waals surface area contributed by atoms with Gasteiger partial charge in [0, 0.05) is 44.3 Å². The number of pyridine rings is 1. The Hall–Kier alpha value is -3.48. The number of para-hydroxylation sites is 1. The van der Waals surface area contributed by atoms with Gasteiger partial charge in [-0.3, -0.25) is 14.6 Å². The number of amides is 2. The standard InChI is InChI=1S/C22H23N5O2/c28-21(14-18-16-24-27(17-18)20-7-2-1-3-8-20)25-10-12-26(13-11-25)22(29)15-19-6-4-5-9-23-19/h1-9,16-17H,10-15H2. The van der Waals surface area contributed by atoms with Crippen LogP contribution < -0.4 is 0 Å². The molecule has 1 fully saturated rings. The second-order valence-electron chi connectivity index (χ2n) is 7.06. The number of aromatic nitrogens is 3. The molecule has 4 rings (SSSR count). The average molecular weight is 389 g/mol. The Bertz CT molecular complexity index is 963. The summed E-state index contributed by atoms with van der Waals surface area (Å²) in [5.74, 6) is 0.120.